The fourth-order valence-corrected chi connectivity index (χ4v) is 3.05. The highest BCUT2D eigenvalue weighted by Gasteiger charge is 2.21. The second-order valence-electron chi connectivity index (χ2n) is 5.30. The maximum Gasteiger partial charge on any atom is 0.183 e. The molecule has 1 heterocycles. The van der Waals surface area contributed by atoms with Crippen LogP contribution in [-0.4, -0.2) is 20.2 Å². The zero-order chi connectivity index (χ0) is 13.9. The molecular formula is C14H18ClN5. The lowest BCUT2D eigenvalue weighted by Crippen LogP contribution is -2.12. The summed E-state index contributed by atoms with van der Waals surface area (Å²) in [5.41, 5.74) is 7.23. The summed E-state index contributed by atoms with van der Waals surface area (Å²) in [4.78, 5) is 0. The lowest BCUT2D eigenvalue weighted by Gasteiger charge is -2.16. The van der Waals surface area contributed by atoms with Gasteiger partial charge in [0.05, 0.1) is 16.8 Å². The summed E-state index contributed by atoms with van der Waals surface area (Å²) in [7, 11) is 0. The van der Waals surface area contributed by atoms with Gasteiger partial charge < -0.3 is 5.73 Å². The van der Waals surface area contributed by atoms with E-state index in [0.29, 0.717) is 22.6 Å². The number of hydrogen-bond donors (Lipinski definition) is 1. The number of benzene rings is 1. The van der Waals surface area contributed by atoms with Crippen molar-refractivity contribution in [1.29, 1.82) is 0 Å². The maximum atomic E-state index is 6.29. The molecule has 1 aromatic heterocycles. The van der Waals surface area contributed by atoms with E-state index in [1.807, 2.05) is 16.8 Å². The van der Waals surface area contributed by atoms with Crippen molar-refractivity contribution in [2.45, 2.75) is 44.6 Å². The third kappa shape index (κ3) is 2.50. The molecule has 6 heteroatoms. The van der Waals surface area contributed by atoms with Crippen molar-refractivity contribution in [3.63, 3.8) is 0 Å². The van der Waals surface area contributed by atoms with Crippen LogP contribution in [0.5, 0.6) is 0 Å². The largest absolute Gasteiger partial charge is 0.398 e. The van der Waals surface area contributed by atoms with Crippen LogP contribution in [0.3, 0.4) is 0 Å². The van der Waals surface area contributed by atoms with Gasteiger partial charge in [0.2, 0.25) is 0 Å². The molecule has 0 spiro atoms. The number of aromatic nitrogens is 4. The summed E-state index contributed by atoms with van der Waals surface area (Å²) in [5.74, 6) is 0.717. The van der Waals surface area contributed by atoms with Gasteiger partial charge in [0.25, 0.3) is 0 Å². The van der Waals surface area contributed by atoms with Crippen LogP contribution in [-0.2, 0) is 0 Å². The molecule has 0 radical (unpaired) electrons. The zero-order valence-electron chi connectivity index (χ0n) is 11.3. The Morgan fingerprint density at radius 2 is 1.90 bits per heavy atom. The molecule has 0 unspecified atom stereocenters. The minimum Gasteiger partial charge on any atom is -0.398 e. The quantitative estimate of drug-likeness (QED) is 0.679. The Morgan fingerprint density at radius 1 is 1.15 bits per heavy atom. The van der Waals surface area contributed by atoms with Crippen LogP contribution in [0.25, 0.3) is 11.4 Å². The number of nitrogens with two attached hydrogens (primary N) is 1. The number of anilines is 1. The van der Waals surface area contributed by atoms with Crippen LogP contribution in [0.15, 0.2) is 18.2 Å². The third-order valence-corrected chi connectivity index (χ3v) is 4.35. The summed E-state index contributed by atoms with van der Waals surface area (Å²) in [6, 6.07) is 5.94. The Morgan fingerprint density at radius 3 is 2.65 bits per heavy atom. The van der Waals surface area contributed by atoms with Crippen molar-refractivity contribution in [2.24, 2.45) is 0 Å². The van der Waals surface area contributed by atoms with E-state index < -0.39 is 0 Å². The van der Waals surface area contributed by atoms with Gasteiger partial charge in [0.1, 0.15) is 0 Å². The number of hydrogen-bond acceptors (Lipinski definition) is 4. The second kappa shape index (κ2) is 5.79. The van der Waals surface area contributed by atoms with E-state index in [1.165, 1.54) is 25.7 Å². The Bertz CT molecular complexity index is 587. The van der Waals surface area contributed by atoms with Gasteiger partial charge in [-0.3, -0.25) is 0 Å². The molecule has 20 heavy (non-hydrogen) atoms. The van der Waals surface area contributed by atoms with Crippen molar-refractivity contribution in [1.82, 2.24) is 20.2 Å². The van der Waals surface area contributed by atoms with Gasteiger partial charge in [0.15, 0.2) is 5.82 Å². The molecule has 106 valence electrons. The molecule has 1 saturated carbocycles. The molecule has 1 fully saturated rings. The molecule has 0 amide bonds. The summed E-state index contributed by atoms with van der Waals surface area (Å²) in [6.45, 7) is 0. The molecule has 2 aromatic rings. The van der Waals surface area contributed by atoms with E-state index in [0.717, 1.165) is 18.4 Å². The van der Waals surface area contributed by atoms with E-state index in [4.69, 9.17) is 17.3 Å². The number of nitrogen functional groups attached to an aromatic ring is 1. The molecule has 0 aliphatic heterocycles. The second-order valence-corrected chi connectivity index (χ2v) is 5.68. The third-order valence-electron chi connectivity index (χ3n) is 3.93. The smallest absolute Gasteiger partial charge is 0.183 e. The first-order chi connectivity index (χ1) is 9.77. The van der Waals surface area contributed by atoms with Crippen molar-refractivity contribution < 1.29 is 0 Å². The first-order valence-electron chi connectivity index (χ1n) is 7.09. The highest BCUT2D eigenvalue weighted by atomic mass is 35.5. The summed E-state index contributed by atoms with van der Waals surface area (Å²) >= 11 is 6.29. The first-order valence-corrected chi connectivity index (χ1v) is 7.47. The Kier molecular flexibility index (Phi) is 3.87. The summed E-state index contributed by atoms with van der Waals surface area (Å²) < 4.78 is 1.92. The Labute approximate surface area is 123 Å². The Hall–Kier alpha value is -1.62. The lowest BCUT2D eigenvalue weighted by atomic mass is 10.1. The van der Waals surface area contributed by atoms with Gasteiger partial charge in [-0.1, -0.05) is 43.4 Å². The minimum atomic E-state index is 0.361. The molecule has 1 aliphatic carbocycles. The van der Waals surface area contributed by atoms with Gasteiger partial charge in [-0.15, -0.1) is 5.10 Å². The lowest BCUT2D eigenvalue weighted by molar-refractivity contribution is 0.400. The van der Waals surface area contributed by atoms with E-state index in [1.54, 1.807) is 6.07 Å². The normalized spacial score (nSPS) is 17.1. The molecule has 0 atom stereocenters. The fourth-order valence-electron chi connectivity index (χ4n) is 2.84. The number of rotatable bonds is 2. The molecule has 2 N–H and O–H groups in total. The van der Waals surface area contributed by atoms with Crippen LogP contribution >= 0.6 is 11.6 Å². The van der Waals surface area contributed by atoms with Crippen molar-refractivity contribution >= 4 is 17.3 Å². The van der Waals surface area contributed by atoms with Gasteiger partial charge in [0, 0.05) is 5.56 Å². The number of tetrazole rings is 1. The predicted octanol–water partition coefficient (Wildman–Crippen LogP) is 3.47. The van der Waals surface area contributed by atoms with Crippen LogP contribution in [0.1, 0.15) is 44.6 Å². The topological polar surface area (TPSA) is 69.6 Å². The Balaban J connectivity index is 1.99. The molecule has 3 rings (SSSR count). The standard InChI is InChI=1S/C14H18ClN5/c15-13-11(8-5-9-12(13)16)14-17-18-19-20(14)10-6-3-1-2-4-7-10/h5,8-10H,1-4,6-7,16H2. The molecule has 0 saturated heterocycles. The van der Waals surface area contributed by atoms with Crippen LogP contribution in [0.4, 0.5) is 5.69 Å². The fraction of sp³-hybridized carbons (Fsp3) is 0.500. The first kappa shape index (κ1) is 13.4. The summed E-state index contributed by atoms with van der Waals surface area (Å²) in [5, 5.41) is 12.7. The molecule has 1 aromatic carbocycles. The van der Waals surface area contributed by atoms with E-state index in [2.05, 4.69) is 15.5 Å². The average Bonchev–Trinajstić information content (AvgIpc) is 2.77. The summed E-state index contributed by atoms with van der Waals surface area (Å²) in [6.07, 6.45) is 7.30. The van der Waals surface area contributed by atoms with Gasteiger partial charge in [-0.25, -0.2) is 4.68 Å². The average molecular weight is 292 g/mol. The number of halogens is 1. The minimum absolute atomic E-state index is 0.361. The van der Waals surface area contributed by atoms with Gasteiger partial charge in [-0.05, 0) is 35.4 Å². The molecular weight excluding hydrogens is 274 g/mol. The maximum absolute atomic E-state index is 6.29. The molecule has 5 nitrogen and oxygen atoms in total. The van der Waals surface area contributed by atoms with Crippen molar-refractivity contribution in [2.75, 3.05) is 5.73 Å². The van der Waals surface area contributed by atoms with Crippen molar-refractivity contribution in [3.05, 3.63) is 23.2 Å². The van der Waals surface area contributed by atoms with Gasteiger partial charge >= 0.3 is 0 Å². The van der Waals surface area contributed by atoms with Crippen molar-refractivity contribution in [3.8, 4) is 11.4 Å². The SMILES string of the molecule is Nc1cccc(-c2nnnn2C2CCCCCC2)c1Cl. The molecule has 0 bridgehead atoms. The van der Waals surface area contributed by atoms with Gasteiger partial charge in [-0.2, -0.15) is 0 Å². The van der Waals surface area contributed by atoms with Crippen LogP contribution < -0.4 is 5.73 Å². The van der Waals surface area contributed by atoms with E-state index in [9.17, 15) is 0 Å². The van der Waals surface area contributed by atoms with E-state index >= 15 is 0 Å². The molecule has 1 aliphatic rings. The van der Waals surface area contributed by atoms with E-state index in [-0.39, 0.29) is 0 Å². The van der Waals surface area contributed by atoms with Crippen LogP contribution in [0, 0.1) is 0 Å². The zero-order valence-corrected chi connectivity index (χ0v) is 12.1. The highest BCUT2D eigenvalue weighted by molar-refractivity contribution is 6.35. The highest BCUT2D eigenvalue weighted by Crippen LogP contribution is 2.34. The van der Waals surface area contributed by atoms with Crippen LogP contribution in [0.2, 0.25) is 5.02 Å². The monoisotopic (exact) mass is 291 g/mol. The predicted molar refractivity (Wildman–Crippen MR) is 79.4 cm³/mol. The number of nitrogens with zero attached hydrogens (tertiary/aromatic N) is 4.